The van der Waals surface area contributed by atoms with E-state index in [2.05, 4.69) is 25.3 Å². The Morgan fingerprint density at radius 2 is 2.28 bits per heavy atom. The van der Waals surface area contributed by atoms with E-state index < -0.39 is 0 Å². The van der Waals surface area contributed by atoms with Crippen LogP contribution in [0, 0.1) is 0 Å². The molecule has 1 N–H and O–H groups in total. The number of aromatic nitrogens is 5. The highest BCUT2D eigenvalue weighted by atomic mass is 35.5. The second-order valence-corrected chi connectivity index (χ2v) is 3.81. The summed E-state index contributed by atoms with van der Waals surface area (Å²) in [6, 6.07) is 0. The Hall–Kier alpha value is -1.73. The summed E-state index contributed by atoms with van der Waals surface area (Å²) < 4.78 is 6.62. The quantitative estimate of drug-likeness (QED) is 0.792. The van der Waals surface area contributed by atoms with E-state index in [1.807, 2.05) is 0 Å². The zero-order valence-corrected chi connectivity index (χ0v) is 10.6. The molecule has 0 aliphatic carbocycles. The van der Waals surface area contributed by atoms with Gasteiger partial charge in [-0.1, -0.05) is 0 Å². The van der Waals surface area contributed by atoms with Gasteiger partial charge >= 0.3 is 0 Å². The molecule has 0 aliphatic heterocycles. The SMILES string of the molecule is COCCCNc1nc(Cl)nc(-n2ccnc2)n1. The lowest BCUT2D eigenvalue weighted by Gasteiger charge is -2.06. The van der Waals surface area contributed by atoms with Crippen LogP contribution in [0.15, 0.2) is 18.7 Å². The van der Waals surface area contributed by atoms with Crippen molar-refractivity contribution < 1.29 is 4.74 Å². The highest BCUT2D eigenvalue weighted by molar-refractivity contribution is 6.28. The maximum atomic E-state index is 5.85. The number of nitrogens with zero attached hydrogens (tertiary/aromatic N) is 5. The summed E-state index contributed by atoms with van der Waals surface area (Å²) in [5.74, 6) is 0.872. The maximum Gasteiger partial charge on any atom is 0.241 e. The van der Waals surface area contributed by atoms with Crippen molar-refractivity contribution >= 4 is 17.5 Å². The summed E-state index contributed by atoms with van der Waals surface area (Å²) >= 11 is 5.85. The van der Waals surface area contributed by atoms with Crippen LogP contribution in [0.25, 0.3) is 5.95 Å². The van der Waals surface area contributed by atoms with Crippen molar-refractivity contribution in [2.24, 2.45) is 0 Å². The second-order valence-electron chi connectivity index (χ2n) is 3.47. The Kier molecular flexibility index (Phi) is 4.43. The summed E-state index contributed by atoms with van der Waals surface area (Å²) in [5.41, 5.74) is 0. The van der Waals surface area contributed by atoms with Crippen molar-refractivity contribution in [1.82, 2.24) is 24.5 Å². The number of anilines is 1. The van der Waals surface area contributed by atoms with Gasteiger partial charge in [0.1, 0.15) is 6.33 Å². The largest absolute Gasteiger partial charge is 0.385 e. The van der Waals surface area contributed by atoms with Gasteiger partial charge in [0.25, 0.3) is 0 Å². The smallest absolute Gasteiger partial charge is 0.241 e. The fourth-order valence-electron chi connectivity index (χ4n) is 1.33. The number of imidazole rings is 1. The van der Waals surface area contributed by atoms with Crippen molar-refractivity contribution in [3.05, 3.63) is 24.0 Å². The van der Waals surface area contributed by atoms with Crippen molar-refractivity contribution in [1.29, 1.82) is 0 Å². The van der Waals surface area contributed by atoms with E-state index in [0.29, 0.717) is 25.0 Å². The summed E-state index contributed by atoms with van der Waals surface area (Å²) in [5, 5.41) is 3.20. The van der Waals surface area contributed by atoms with Crippen LogP contribution in [0.2, 0.25) is 5.28 Å². The first-order chi connectivity index (χ1) is 8.79. The molecule has 2 heterocycles. The Morgan fingerprint density at radius 1 is 1.39 bits per heavy atom. The molecule has 0 radical (unpaired) electrons. The molecule has 96 valence electrons. The van der Waals surface area contributed by atoms with Crippen LogP contribution in [-0.2, 0) is 4.74 Å². The molecule has 0 amide bonds. The molecule has 0 saturated heterocycles. The average Bonchev–Trinajstić information content (AvgIpc) is 2.88. The van der Waals surface area contributed by atoms with Crippen molar-refractivity contribution in [3.63, 3.8) is 0 Å². The number of methoxy groups -OCH3 is 1. The topological polar surface area (TPSA) is 77.8 Å². The molecule has 0 atom stereocenters. The number of hydrogen-bond acceptors (Lipinski definition) is 6. The first-order valence-electron chi connectivity index (χ1n) is 5.42. The van der Waals surface area contributed by atoms with Gasteiger partial charge in [-0.2, -0.15) is 15.0 Å². The Morgan fingerprint density at radius 3 is 3.00 bits per heavy atom. The minimum absolute atomic E-state index is 0.142. The minimum atomic E-state index is 0.142. The lowest BCUT2D eigenvalue weighted by Crippen LogP contribution is -2.10. The van der Waals surface area contributed by atoms with Crippen LogP contribution in [-0.4, -0.2) is 44.8 Å². The highest BCUT2D eigenvalue weighted by Gasteiger charge is 2.05. The van der Waals surface area contributed by atoms with Gasteiger partial charge in [-0.3, -0.25) is 4.57 Å². The predicted molar refractivity (Wildman–Crippen MR) is 66.9 cm³/mol. The van der Waals surface area contributed by atoms with Gasteiger partial charge in [-0.15, -0.1) is 0 Å². The molecular weight excluding hydrogens is 256 g/mol. The van der Waals surface area contributed by atoms with Gasteiger partial charge in [0.05, 0.1) is 0 Å². The molecular formula is C10H13ClN6O. The minimum Gasteiger partial charge on any atom is -0.385 e. The molecule has 18 heavy (non-hydrogen) atoms. The first kappa shape index (κ1) is 12.7. The second kappa shape index (κ2) is 6.27. The van der Waals surface area contributed by atoms with Crippen LogP contribution < -0.4 is 5.32 Å². The van der Waals surface area contributed by atoms with E-state index in [1.54, 1.807) is 30.4 Å². The fraction of sp³-hybridized carbons (Fsp3) is 0.400. The molecule has 0 fully saturated rings. The van der Waals surface area contributed by atoms with Crippen molar-refractivity contribution in [2.75, 3.05) is 25.6 Å². The van der Waals surface area contributed by atoms with E-state index in [0.717, 1.165) is 6.42 Å². The van der Waals surface area contributed by atoms with E-state index in [-0.39, 0.29) is 5.28 Å². The Labute approximate surface area is 109 Å². The maximum absolute atomic E-state index is 5.85. The normalized spacial score (nSPS) is 10.6. The zero-order valence-electron chi connectivity index (χ0n) is 9.88. The molecule has 0 unspecified atom stereocenters. The molecule has 7 nitrogen and oxygen atoms in total. The van der Waals surface area contributed by atoms with Crippen LogP contribution in [0.3, 0.4) is 0 Å². The number of hydrogen-bond donors (Lipinski definition) is 1. The molecule has 2 rings (SSSR count). The van der Waals surface area contributed by atoms with Crippen LogP contribution in [0.4, 0.5) is 5.95 Å². The average molecular weight is 269 g/mol. The van der Waals surface area contributed by atoms with Crippen molar-refractivity contribution in [2.45, 2.75) is 6.42 Å². The Bertz CT molecular complexity index is 489. The number of rotatable bonds is 6. The molecule has 0 spiro atoms. The first-order valence-corrected chi connectivity index (χ1v) is 5.80. The van der Waals surface area contributed by atoms with Gasteiger partial charge in [0.15, 0.2) is 0 Å². The summed E-state index contributed by atoms with van der Waals surface area (Å²) in [6.45, 7) is 1.39. The number of ether oxygens (including phenoxy) is 1. The summed E-state index contributed by atoms with van der Waals surface area (Å²) in [7, 11) is 1.66. The van der Waals surface area contributed by atoms with Gasteiger partial charge in [0.2, 0.25) is 17.2 Å². The van der Waals surface area contributed by atoms with Crippen molar-refractivity contribution in [3.8, 4) is 5.95 Å². The third-order valence-corrected chi connectivity index (χ3v) is 2.31. The highest BCUT2D eigenvalue weighted by Crippen LogP contribution is 2.09. The zero-order chi connectivity index (χ0) is 12.8. The van der Waals surface area contributed by atoms with Gasteiger partial charge in [-0.05, 0) is 18.0 Å². The van der Waals surface area contributed by atoms with E-state index in [4.69, 9.17) is 16.3 Å². The molecule has 0 bridgehead atoms. The predicted octanol–water partition coefficient (Wildman–Crippen LogP) is 1.16. The van der Waals surface area contributed by atoms with E-state index in [9.17, 15) is 0 Å². The lowest BCUT2D eigenvalue weighted by molar-refractivity contribution is 0.197. The molecule has 8 heteroatoms. The van der Waals surface area contributed by atoms with Gasteiger partial charge < -0.3 is 10.1 Å². The van der Waals surface area contributed by atoms with Crippen LogP contribution in [0.5, 0.6) is 0 Å². The molecule has 0 saturated carbocycles. The van der Waals surface area contributed by atoms with Gasteiger partial charge in [0, 0.05) is 32.7 Å². The summed E-state index contributed by atoms with van der Waals surface area (Å²) in [6.07, 6.45) is 5.84. The molecule has 2 aromatic rings. The molecule has 2 aromatic heterocycles. The standard InChI is InChI=1S/C10H13ClN6O/c1-18-6-2-3-13-9-14-8(11)15-10(16-9)17-5-4-12-7-17/h4-5,7H,2-3,6H2,1H3,(H,13,14,15,16). The number of nitrogens with one attached hydrogen (secondary N) is 1. The molecule has 0 aliphatic rings. The van der Waals surface area contributed by atoms with Crippen LogP contribution >= 0.6 is 11.6 Å². The summed E-state index contributed by atoms with van der Waals surface area (Å²) in [4.78, 5) is 16.2. The third kappa shape index (κ3) is 3.38. The lowest BCUT2D eigenvalue weighted by atomic mass is 10.4. The van der Waals surface area contributed by atoms with Gasteiger partial charge in [-0.25, -0.2) is 4.98 Å². The monoisotopic (exact) mass is 268 g/mol. The third-order valence-electron chi connectivity index (χ3n) is 2.14. The Balaban J connectivity index is 2.07. The fourth-order valence-corrected chi connectivity index (χ4v) is 1.48. The van der Waals surface area contributed by atoms with E-state index in [1.165, 1.54) is 0 Å². The number of halogens is 1. The molecule has 0 aromatic carbocycles. The van der Waals surface area contributed by atoms with Crippen LogP contribution in [0.1, 0.15) is 6.42 Å². The van der Waals surface area contributed by atoms with E-state index >= 15 is 0 Å².